The first-order valence-electron chi connectivity index (χ1n) is 9.19. The fraction of sp³-hybridized carbons (Fsp3) is 0.350. The smallest absolute Gasteiger partial charge is 0.226 e. The largest absolute Gasteiger partial charge is 0.439 e. The van der Waals surface area contributed by atoms with E-state index in [9.17, 15) is 4.39 Å². The SMILES string of the molecule is Fc1ccc(Oc2ccc(-c3noc(CCC4CCNCC4)n3)cn2)cc1. The second-order valence-electron chi connectivity index (χ2n) is 6.68. The van der Waals surface area contributed by atoms with Gasteiger partial charge in [-0.05, 0) is 68.6 Å². The number of halogens is 1. The second kappa shape index (κ2) is 8.26. The highest BCUT2D eigenvalue weighted by molar-refractivity contribution is 5.53. The van der Waals surface area contributed by atoms with Crippen molar-refractivity contribution in [3.63, 3.8) is 0 Å². The molecule has 1 aromatic carbocycles. The number of benzene rings is 1. The molecule has 0 unspecified atom stereocenters. The van der Waals surface area contributed by atoms with Crippen LogP contribution in [0.25, 0.3) is 11.4 Å². The fourth-order valence-electron chi connectivity index (χ4n) is 3.17. The molecule has 0 bridgehead atoms. The van der Waals surface area contributed by atoms with Crippen molar-refractivity contribution in [2.45, 2.75) is 25.7 Å². The van der Waals surface area contributed by atoms with Gasteiger partial charge >= 0.3 is 0 Å². The van der Waals surface area contributed by atoms with Gasteiger partial charge in [0.1, 0.15) is 11.6 Å². The van der Waals surface area contributed by atoms with Crippen molar-refractivity contribution >= 4 is 0 Å². The Morgan fingerprint density at radius 2 is 1.93 bits per heavy atom. The molecule has 4 rings (SSSR count). The van der Waals surface area contributed by atoms with Crippen molar-refractivity contribution in [1.82, 2.24) is 20.4 Å². The predicted octanol–water partition coefficient (Wildman–Crippen LogP) is 4.00. The number of aryl methyl sites for hydroxylation is 1. The maximum absolute atomic E-state index is 12.9. The third-order valence-corrected chi connectivity index (χ3v) is 4.72. The molecule has 0 aliphatic carbocycles. The molecule has 0 radical (unpaired) electrons. The number of nitrogens with zero attached hydrogens (tertiary/aromatic N) is 3. The maximum atomic E-state index is 12.9. The van der Waals surface area contributed by atoms with E-state index in [0.717, 1.165) is 37.4 Å². The van der Waals surface area contributed by atoms with Crippen molar-refractivity contribution in [2.75, 3.05) is 13.1 Å². The molecule has 0 saturated carbocycles. The topological polar surface area (TPSA) is 73.1 Å². The average molecular weight is 368 g/mol. The first-order chi connectivity index (χ1) is 13.3. The Hall–Kier alpha value is -2.80. The predicted molar refractivity (Wildman–Crippen MR) is 97.9 cm³/mol. The minimum Gasteiger partial charge on any atom is -0.439 e. The number of hydrogen-bond acceptors (Lipinski definition) is 6. The Morgan fingerprint density at radius 3 is 2.67 bits per heavy atom. The van der Waals surface area contributed by atoms with E-state index in [1.165, 1.54) is 25.0 Å². The van der Waals surface area contributed by atoms with Gasteiger partial charge in [-0.25, -0.2) is 9.37 Å². The summed E-state index contributed by atoms with van der Waals surface area (Å²) in [6.07, 6.45) is 5.93. The minimum absolute atomic E-state index is 0.307. The maximum Gasteiger partial charge on any atom is 0.226 e. The number of nitrogens with one attached hydrogen (secondary N) is 1. The van der Waals surface area contributed by atoms with Crippen LogP contribution in [0.5, 0.6) is 11.6 Å². The van der Waals surface area contributed by atoms with Gasteiger partial charge < -0.3 is 14.6 Å². The van der Waals surface area contributed by atoms with Crippen LogP contribution in [0, 0.1) is 11.7 Å². The van der Waals surface area contributed by atoms with Gasteiger partial charge in [0, 0.05) is 24.2 Å². The Labute approximate surface area is 156 Å². The lowest BCUT2D eigenvalue weighted by Crippen LogP contribution is -2.27. The van der Waals surface area contributed by atoms with Gasteiger partial charge in [0.05, 0.1) is 0 Å². The van der Waals surface area contributed by atoms with Crippen LogP contribution in [0.1, 0.15) is 25.2 Å². The number of pyridine rings is 1. The molecule has 1 N–H and O–H groups in total. The quantitative estimate of drug-likeness (QED) is 0.709. The average Bonchev–Trinajstić information content (AvgIpc) is 3.19. The second-order valence-corrected chi connectivity index (χ2v) is 6.68. The van der Waals surface area contributed by atoms with Crippen LogP contribution in [-0.4, -0.2) is 28.2 Å². The van der Waals surface area contributed by atoms with E-state index in [-0.39, 0.29) is 5.82 Å². The summed E-state index contributed by atoms with van der Waals surface area (Å²) in [4.78, 5) is 8.73. The van der Waals surface area contributed by atoms with Crippen LogP contribution in [0.2, 0.25) is 0 Å². The zero-order valence-corrected chi connectivity index (χ0v) is 14.9. The molecular weight excluding hydrogens is 347 g/mol. The van der Waals surface area contributed by atoms with Gasteiger partial charge in [0.25, 0.3) is 0 Å². The van der Waals surface area contributed by atoms with Crippen LogP contribution in [0.4, 0.5) is 4.39 Å². The first-order valence-corrected chi connectivity index (χ1v) is 9.19. The van der Waals surface area contributed by atoms with E-state index in [1.54, 1.807) is 24.4 Å². The Bertz CT molecular complexity index is 858. The Kier molecular flexibility index (Phi) is 5.39. The lowest BCUT2D eigenvalue weighted by atomic mass is 9.93. The molecule has 2 aromatic heterocycles. The normalized spacial score (nSPS) is 15.0. The molecule has 0 atom stereocenters. The summed E-state index contributed by atoms with van der Waals surface area (Å²) in [7, 11) is 0. The van der Waals surface area contributed by atoms with Gasteiger partial charge in [-0.3, -0.25) is 0 Å². The molecule has 140 valence electrons. The molecule has 1 saturated heterocycles. The first kappa shape index (κ1) is 17.6. The zero-order valence-electron chi connectivity index (χ0n) is 14.9. The van der Waals surface area contributed by atoms with Crippen LogP contribution in [-0.2, 0) is 6.42 Å². The molecule has 1 aliphatic heterocycles. The van der Waals surface area contributed by atoms with Crippen molar-refractivity contribution in [2.24, 2.45) is 5.92 Å². The van der Waals surface area contributed by atoms with E-state index in [0.29, 0.717) is 23.3 Å². The molecule has 7 heteroatoms. The van der Waals surface area contributed by atoms with E-state index < -0.39 is 0 Å². The van der Waals surface area contributed by atoms with Crippen molar-refractivity contribution in [3.8, 4) is 23.0 Å². The highest BCUT2D eigenvalue weighted by atomic mass is 19.1. The molecule has 3 heterocycles. The standard InChI is InChI=1S/C20H21FN4O2/c21-16-3-5-17(6-4-16)26-18-8-2-15(13-23-18)20-24-19(27-25-20)7-1-14-9-11-22-12-10-14/h2-6,8,13-14,22H,1,7,9-12H2. The van der Waals surface area contributed by atoms with Crippen LogP contribution in [0.3, 0.4) is 0 Å². The minimum atomic E-state index is -0.307. The van der Waals surface area contributed by atoms with E-state index in [4.69, 9.17) is 9.26 Å². The summed E-state index contributed by atoms with van der Waals surface area (Å²) in [5.41, 5.74) is 0.762. The number of ether oxygens (including phenoxy) is 1. The van der Waals surface area contributed by atoms with Gasteiger partial charge in [-0.15, -0.1) is 0 Å². The lowest BCUT2D eigenvalue weighted by Gasteiger charge is -2.21. The summed E-state index contributed by atoms with van der Waals surface area (Å²) in [6.45, 7) is 2.19. The molecule has 27 heavy (non-hydrogen) atoms. The number of rotatable bonds is 6. The molecule has 0 amide bonds. The molecule has 1 fully saturated rings. The number of aromatic nitrogens is 3. The Balaban J connectivity index is 1.35. The third-order valence-electron chi connectivity index (χ3n) is 4.72. The number of piperidine rings is 1. The molecule has 1 aliphatic rings. The number of hydrogen-bond donors (Lipinski definition) is 1. The monoisotopic (exact) mass is 368 g/mol. The summed E-state index contributed by atoms with van der Waals surface area (Å²) >= 11 is 0. The summed E-state index contributed by atoms with van der Waals surface area (Å²) in [5.74, 6) is 2.55. The molecular formula is C20H21FN4O2. The summed E-state index contributed by atoms with van der Waals surface area (Å²) < 4.78 is 23.9. The van der Waals surface area contributed by atoms with Gasteiger partial charge in [0.2, 0.25) is 17.6 Å². The highest BCUT2D eigenvalue weighted by Crippen LogP contribution is 2.23. The zero-order chi connectivity index (χ0) is 18.5. The van der Waals surface area contributed by atoms with Crippen molar-refractivity contribution in [3.05, 3.63) is 54.3 Å². The van der Waals surface area contributed by atoms with Gasteiger partial charge in [-0.2, -0.15) is 4.98 Å². The lowest BCUT2D eigenvalue weighted by molar-refractivity contribution is 0.324. The summed E-state index contributed by atoms with van der Waals surface area (Å²) in [6, 6.07) is 9.34. The molecule has 3 aromatic rings. The van der Waals surface area contributed by atoms with Crippen molar-refractivity contribution in [1.29, 1.82) is 0 Å². The van der Waals surface area contributed by atoms with Crippen LogP contribution >= 0.6 is 0 Å². The van der Waals surface area contributed by atoms with Crippen LogP contribution < -0.4 is 10.1 Å². The summed E-state index contributed by atoms with van der Waals surface area (Å²) in [5, 5.41) is 7.43. The van der Waals surface area contributed by atoms with E-state index in [1.807, 2.05) is 6.07 Å². The molecule has 6 nitrogen and oxygen atoms in total. The van der Waals surface area contributed by atoms with Gasteiger partial charge in [0.15, 0.2) is 0 Å². The van der Waals surface area contributed by atoms with Gasteiger partial charge in [-0.1, -0.05) is 5.16 Å². The Morgan fingerprint density at radius 1 is 1.11 bits per heavy atom. The fourth-order valence-corrected chi connectivity index (χ4v) is 3.17. The highest BCUT2D eigenvalue weighted by Gasteiger charge is 2.15. The van der Waals surface area contributed by atoms with Crippen LogP contribution in [0.15, 0.2) is 47.1 Å². The molecule has 0 spiro atoms. The van der Waals surface area contributed by atoms with Crippen molar-refractivity contribution < 1.29 is 13.7 Å². The third kappa shape index (κ3) is 4.68. The van der Waals surface area contributed by atoms with E-state index in [2.05, 4.69) is 20.4 Å². The van der Waals surface area contributed by atoms with E-state index >= 15 is 0 Å².